The van der Waals surface area contributed by atoms with E-state index in [1.807, 2.05) is 0 Å². The van der Waals surface area contributed by atoms with Crippen molar-refractivity contribution >= 4 is 0 Å². The Bertz CT molecular complexity index is 510. The van der Waals surface area contributed by atoms with E-state index in [4.69, 9.17) is 0 Å². The van der Waals surface area contributed by atoms with Crippen molar-refractivity contribution in [3.05, 3.63) is 43.0 Å². The summed E-state index contributed by atoms with van der Waals surface area (Å²) in [6.45, 7) is 2.97. The second-order valence-electron chi connectivity index (χ2n) is 3.76. The lowest BCUT2D eigenvalue weighted by Gasteiger charge is -1.99. The molecule has 2 atom stereocenters. The molecule has 10 nitrogen and oxygen atoms in total. The number of nitrogens with zero attached hydrogens (tertiary/aromatic N) is 6. The maximum absolute atomic E-state index is 10.9. The fourth-order valence-electron chi connectivity index (χ4n) is 1.71. The Labute approximate surface area is 100 Å². The maximum atomic E-state index is 10.9. The zero-order valence-corrected chi connectivity index (χ0v) is 9.47. The Balaban J connectivity index is 2.61. The molecule has 0 aromatic rings. The normalized spacial score (nSPS) is 26.3. The fraction of sp³-hybridized carbons (Fsp3) is 0.500. The first-order chi connectivity index (χ1) is 8.43. The molecular formula is C8H8N6O4. The average Bonchev–Trinajstić information content (AvgIpc) is 2.81. The molecule has 94 valence electrons. The topological polar surface area (TPSA) is 136 Å². The average molecular weight is 252 g/mol. The molecule has 10 heteroatoms. The third-order valence-corrected chi connectivity index (χ3v) is 2.56. The maximum Gasteiger partial charge on any atom is 0.301 e. The van der Waals surface area contributed by atoms with Crippen molar-refractivity contribution in [3.8, 4) is 0 Å². The lowest BCUT2D eigenvalue weighted by molar-refractivity contribution is -0.432. The van der Waals surface area contributed by atoms with Gasteiger partial charge in [-0.05, 0) is 13.8 Å². The zero-order chi connectivity index (χ0) is 13.4. The minimum atomic E-state index is -0.749. The van der Waals surface area contributed by atoms with E-state index >= 15 is 0 Å². The van der Waals surface area contributed by atoms with Crippen LogP contribution in [0, 0.1) is 20.2 Å². The van der Waals surface area contributed by atoms with Crippen molar-refractivity contribution in [3.63, 3.8) is 0 Å². The molecule has 0 bridgehead atoms. The van der Waals surface area contributed by atoms with Crippen molar-refractivity contribution in [2.75, 3.05) is 0 Å². The van der Waals surface area contributed by atoms with Crippen LogP contribution in [0.1, 0.15) is 13.8 Å². The number of azo groups is 2. The highest BCUT2D eigenvalue weighted by Crippen LogP contribution is 2.34. The molecule has 2 heterocycles. The van der Waals surface area contributed by atoms with Gasteiger partial charge in [-0.2, -0.15) is 10.2 Å². The molecule has 2 rings (SSSR count). The predicted octanol–water partition coefficient (Wildman–Crippen LogP) is 1.67. The van der Waals surface area contributed by atoms with E-state index < -0.39 is 21.9 Å². The smallest absolute Gasteiger partial charge is 0.258 e. The Hall–Kier alpha value is -2.52. The van der Waals surface area contributed by atoms with Gasteiger partial charge < -0.3 is 0 Å². The van der Waals surface area contributed by atoms with Gasteiger partial charge in [0.25, 0.3) is 0 Å². The van der Waals surface area contributed by atoms with Gasteiger partial charge in [0.05, 0.1) is 9.85 Å². The Morgan fingerprint density at radius 2 is 1.22 bits per heavy atom. The van der Waals surface area contributed by atoms with E-state index in [1.54, 1.807) is 0 Å². The quantitative estimate of drug-likeness (QED) is 0.557. The SMILES string of the molecule is CC1N=NC(C2=C([N+](=O)[O-])C(C)N=N2)=C1[N+](=O)[O-]. The standard InChI is InChI=1S/C8H8N6O4/c1-3-7(13(15)16)5(11-9-3)6-8(14(17)18)4(2)10-12-6/h3-4H,1-2H3. The van der Waals surface area contributed by atoms with Crippen LogP contribution in [-0.4, -0.2) is 21.9 Å². The van der Waals surface area contributed by atoms with Crippen LogP contribution in [0.5, 0.6) is 0 Å². The van der Waals surface area contributed by atoms with Crippen LogP contribution in [0.25, 0.3) is 0 Å². The van der Waals surface area contributed by atoms with Gasteiger partial charge in [0.15, 0.2) is 23.5 Å². The van der Waals surface area contributed by atoms with Crippen molar-refractivity contribution in [2.45, 2.75) is 25.9 Å². The summed E-state index contributed by atoms with van der Waals surface area (Å²) in [5, 5.41) is 36.3. The van der Waals surface area contributed by atoms with Gasteiger partial charge in [-0.15, -0.1) is 10.2 Å². The molecular weight excluding hydrogens is 244 g/mol. The van der Waals surface area contributed by atoms with E-state index in [1.165, 1.54) is 13.8 Å². The first-order valence-corrected chi connectivity index (χ1v) is 5.02. The molecule has 0 aromatic heterocycles. The van der Waals surface area contributed by atoms with Gasteiger partial charge in [-0.3, -0.25) is 20.2 Å². The van der Waals surface area contributed by atoms with E-state index in [2.05, 4.69) is 20.5 Å². The van der Waals surface area contributed by atoms with E-state index in [0.29, 0.717) is 0 Å². The molecule has 2 aliphatic rings. The van der Waals surface area contributed by atoms with E-state index in [-0.39, 0.29) is 22.8 Å². The van der Waals surface area contributed by atoms with Crippen LogP contribution in [-0.2, 0) is 0 Å². The third kappa shape index (κ3) is 1.67. The van der Waals surface area contributed by atoms with Gasteiger partial charge in [0.1, 0.15) is 0 Å². The lowest BCUT2D eigenvalue weighted by atomic mass is 10.1. The summed E-state index contributed by atoms with van der Waals surface area (Å²) in [7, 11) is 0. The summed E-state index contributed by atoms with van der Waals surface area (Å²) in [6, 6.07) is -1.50. The lowest BCUT2D eigenvalue weighted by Crippen LogP contribution is -2.13. The van der Waals surface area contributed by atoms with Gasteiger partial charge >= 0.3 is 11.4 Å². The molecule has 0 amide bonds. The number of rotatable bonds is 3. The summed E-state index contributed by atoms with van der Waals surface area (Å²) in [5.41, 5.74) is -0.936. The second-order valence-corrected chi connectivity index (χ2v) is 3.76. The Morgan fingerprint density at radius 3 is 1.50 bits per heavy atom. The van der Waals surface area contributed by atoms with E-state index in [9.17, 15) is 20.2 Å². The summed E-state index contributed by atoms with van der Waals surface area (Å²) >= 11 is 0. The first kappa shape index (κ1) is 12.0. The molecule has 0 N–H and O–H groups in total. The minimum Gasteiger partial charge on any atom is -0.258 e. The van der Waals surface area contributed by atoms with Gasteiger partial charge in [0.2, 0.25) is 0 Å². The monoisotopic (exact) mass is 252 g/mol. The molecule has 18 heavy (non-hydrogen) atoms. The first-order valence-electron chi connectivity index (χ1n) is 5.02. The zero-order valence-electron chi connectivity index (χ0n) is 9.47. The number of hydrogen-bond donors (Lipinski definition) is 0. The summed E-state index contributed by atoms with van der Waals surface area (Å²) in [6.07, 6.45) is 0. The summed E-state index contributed by atoms with van der Waals surface area (Å²) < 4.78 is 0. The third-order valence-electron chi connectivity index (χ3n) is 2.56. The van der Waals surface area contributed by atoms with Crippen LogP contribution in [0.15, 0.2) is 43.2 Å². The van der Waals surface area contributed by atoms with Crippen LogP contribution in [0.3, 0.4) is 0 Å². The highest BCUT2D eigenvalue weighted by molar-refractivity contribution is 5.39. The second kappa shape index (κ2) is 4.05. The van der Waals surface area contributed by atoms with Crippen molar-refractivity contribution < 1.29 is 9.85 Å². The molecule has 0 radical (unpaired) electrons. The Kier molecular flexibility index (Phi) is 2.69. The fourth-order valence-corrected chi connectivity index (χ4v) is 1.71. The van der Waals surface area contributed by atoms with Crippen molar-refractivity contribution in [1.29, 1.82) is 0 Å². The van der Waals surface area contributed by atoms with Crippen LogP contribution in [0.4, 0.5) is 0 Å². The molecule has 0 aliphatic carbocycles. The number of hydrogen-bond acceptors (Lipinski definition) is 8. The molecule has 0 aromatic carbocycles. The minimum absolute atomic E-state index is 0.174. The molecule has 0 fully saturated rings. The largest absolute Gasteiger partial charge is 0.301 e. The van der Waals surface area contributed by atoms with Crippen molar-refractivity contribution in [2.24, 2.45) is 20.5 Å². The Morgan fingerprint density at radius 1 is 0.889 bits per heavy atom. The van der Waals surface area contributed by atoms with Gasteiger partial charge in [0, 0.05) is 0 Å². The molecule has 2 unspecified atom stereocenters. The van der Waals surface area contributed by atoms with Crippen LogP contribution < -0.4 is 0 Å². The van der Waals surface area contributed by atoms with Crippen LogP contribution in [0.2, 0.25) is 0 Å². The number of nitro groups is 2. The highest BCUT2D eigenvalue weighted by Gasteiger charge is 2.41. The highest BCUT2D eigenvalue weighted by atomic mass is 16.6. The van der Waals surface area contributed by atoms with Crippen LogP contribution >= 0.6 is 0 Å². The molecule has 0 spiro atoms. The summed E-state index contributed by atoms with van der Waals surface area (Å²) in [5.74, 6) is 0. The summed E-state index contributed by atoms with van der Waals surface area (Å²) in [4.78, 5) is 20.5. The van der Waals surface area contributed by atoms with Crippen molar-refractivity contribution in [1.82, 2.24) is 0 Å². The molecule has 0 saturated carbocycles. The van der Waals surface area contributed by atoms with Gasteiger partial charge in [-0.25, -0.2) is 0 Å². The van der Waals surface area contributed by atoms with E-state index in [0.717, 1.165) is 0 Å². The predicted molar refractivity (Wildman–Crippen MR) is 56.7 cm³/mol. The molecule has 2 aliphatic heterocycles. The van der Waals surface area contributed by atoms with Gasteiger partial charge in [-0.1, -0.05) is 0 Å². The molecule has 0 saturated heterocycles.